The fraction of sp³-hybridized carbons (Fsp3) is 0.421. The fourth-order valence-electron chi connectivity index (χ4n) is 3.13. The smallest absolute Gasteiger partial charge is 0.339 e. The number of aliphatic hydroxyl groups excluding tert-OH is 4. The molecule has 10 nitrogen and oxygen atoms in total. The molecule has 29 heavy (non-hydrogen) atoms. The quantitative estimate of drug-likeness (QED) is 0.435. The lowest BCUT2D eigenvalue weighted by molar-refractivity contribution is -0.277. The van der Waals surface area contributed by atoms with E-state index in [1.54, 1.807) is 6.92 Å². The molecule has 1 saturated heterocycles. The maximum Gasteiger partial charge on any atom is 0.339 e. The van der Waals surface area contributed by atoms with Crippen molar-refractivity contribution in [3.05, 3.63) is 40.2 Å². The summed E-state index contributed by atoms with van der Waals surface area (Å²) in [5.41, 5.74) is 0.0716. The SMILES string of the molecule is COc1cc(-c2c(C)cc(O)cc2O[C@@H]2O[C@H](CO)[C@@H](O)[C@H](O)[C@H]2O)oc(=O)c1. The van der Waals surface area contributed by atoms with Crippen LogP contribution in [0, 0.1) is 6.92 Å². The minimum Gasteiger partial charge on any atom is -0.508 e. The van der Waals surface area contributed by atoms with Crippen molar-refractivity contribution in [2.75, 3.05) is 13.7 Å². The molecular weight excluding hydrogens is 388 g/mol. The molecule has 0 spiro atoms. The van der Waals surface area contributed by atoms with E-state index >= 15 is 0 Å². The second kappa shape index (κ2) is 8.39. The first kappa shape index (κ1) is 21.1. The highest BCUT2D eigenvalue weighted by molar-refractivity contribution is 5.72. The van der Waals surface area contributed by atoms with Gasteiger partial charge in [-0.1, -0.05) is 0 Å². The van der Waals surface area contributed by atoms with Crippen LogP contribution in [0.1, 0.15) is 5.56 Å². The van der Waals surface area contributed by atoms with Crippen molar-refractivity contribution >= 4 is 0 Å². The Morgan fingerprint density at radius 1 is 1.07 bits per heavy atom. The van der Waals surface area contributed by atoms with E-state index in [1.165, 1.54) is 25.3 Å². The van der Waals surface area contributed by atoms with Gasteiger partial charge in [0, 0.05) is 12.1 Å². The lowest BCUT2D eigenvalue weighted by Crippen LogP contribution is -2.60. The molecule has 5 atom stereocenters. The van der Waals surface area contributed by atoms with E-state index in [0.29, 0.717) is 5.56 Å². The second-order valence-corrected chi connectivity index (χ2v) is 6.63. The van der Waals surface area contributed by atoms with Gasteiger partial charge in [0.15, 0.2) is 0 Å². The summed E-state index contributed by atoms with van der Waals surface area (Å²) in [6.45, 7) is 1.01. The summed E-state index contributed by atoms with van der Waals surface area (Å²) < 4.78 is 21.3. The van der Waals surface area contributed by atoms with Crippen molar-refractivity contribution < 1.29 is 44.2 Å². The van der Waals surface area contributed by atoms with Gasteiger partial charge in [0.2, 0.25) is 6.29 Å². The largest absolute Gasteiger partial charge is 0.508 e. The Kier molecular flexibility index (Phi) is 6.10. The molecule has 0 radical (unpaired) electrons. The summed E-state index contributed by atoms with van der Waals surface area (Å²) in [7, 11) is 1.38. The first-order chi connectivity index (χ1) is 13.7. The molecule has 158 valence electrons. The first-order valence-electron chi connectivity index (χ1n) is 8.75. The number of aliphatic hydroxyl groups is 4. The second-order valence-electron chi connectivity index (χ2n) is 6.63. The van der Waals surface area contributed by atoms with Crippen LogP contribution >= 0.6 is 0 Å². The fourth-order valence-corrected chi connectivity index (χ4v) is 3.13. The predicted octanol–water partition coefficient (Wildman–Crippen LogP) is -0.492. The molecule has 1 aliphatic heterocycles. The van der Waals surface area contributed by atoms with Crippen LogP contribution < -0.4 is 15.1 Å². The number of hydrogen-bond acceptors (Lipinski definition) is 10. The van der Waals surface area contributed by atoms with E-state index in [0.717, 1.165) is 6.07 Å². The molecule has 0 bridgehead atoms. The van der Waals surface area contributed by atoms with Crippen molar-refractivity contribution in [3.8, 4) is 28.6 Å². The Labute approximate surface area is 165 Å². The van der Waals surface area contributed by atoms with Crippen molar-refractivity contribution in [2.45, 2.75) is 37.6 Å². The van der Waals surface area contributed by atoms with E-state index in [4.69, 9.17) is 18.6 Å². The number of aromatic hydroxyl groups is 1. The molecule has 0 saturated carbocycles. The molecule has 2 heterocycles. The van der Waals surface area contributed by atoms with Gasteiger partial charge in [0.1, 0.15) is 47.4 Å². The Morgan fingerprint density at radius 2 is 1.79 bits per heavy atom. The molecule has 1 aromatic carbocycles. The Balaban J connectivity index is 2.04. The van der Waals surface area contributed by atoms with Gasteiger partial charge in [0.25, 0.3) is 0 Å². The number of ether oxygens (including phenoxy) is 3. The number of rotatable bonds is 5. The zero-order valence-electron chi connectivity index (χ0n) is 15.7. The molecule has 3 rings (SSSR count). The van der Waals surface area contributed by atoms with Gasteiger partial charge in [-0.05, 0) is 18.6 Å². The Hall–Kier alpha value is -2.63. The third kappa shape index (κ3) is 4.21. The van der Waals surface area contributed by atoms with E-state index in [-0.39, 0.29) is 28.6 Å². The van der Waals surface area contributed by atoms with E-state index in [2.05, 4.69) is 0 Å². The van der Waals surface area contributed by atoms with Crippen LogP contribution in [0.5, 0.6) is 17.2 Å². The van der Waals surface area contributed by atoms with Crippen LogP contribution in [-0.2, 0) is 4.74 Å². The average molecular weight is 410 g/mol. The Morgan fingerprint density at radius 3 is 2.45 bits per heavy atom. The number of phenols is 1. The summed E-state index contributed by atoms with van der Waals surface area (Å²) in [5, 5.41) is 49.4. The van der Waals surface area contributed by atoms with Crippen LogP contribution in [0.3, 0.4) is 0 Å². The molecular formula is C19H22O10. The number of phenolic OH excluding ortho intramolecular Hbond substituents is 1. The van der Waals surface area contributed by atoms with Crippen molar-refractivity contribution in [2.24, 2.45) is 0 Å². The predicted molar refractivity (Wildman–Crippen MR) is 97.8 cm³/mol. The van der Waals surface area contributed by atoms with E-state index in [1.807, 2.05) is 0 Å². The molecule has 1 aromatic heterocycles. The van der Waals surface area contributed by atoms with E-state index in [9.17, 15) is 30.3 Å². The third-order valence-electron chi connectivity index (χ3n) is 4.60. The molecule has 5 N–H and O–H groups in total. The number of hydrogen-bond donors (Lipinski definition) is 5. The van der Waals surface area contributed by atoms with Crippen LogP contribution in [0.4, 0.5) is 0 Å². The molecule has 0 aliphatic carbocycles. The van der Waals surface area contributed by atoms with Crippen LogP contribution in [0.2, 0.25) is 0 Å². The summed E-state index contributed by atoms with van der Waals surface area (Å²) in [5.74, 6) is 0.119. The summed E-state index contributed by atoms with van der Waals surface area (Å²) >= 11 is 0. The Bertz CT molecular complexity index is 922. The van der Waals surface area contributed by atoms with Gasteiger partial charge in [-0.25, -0.2) is 4.79 Å². The first-order valence-corrected chi connectivity index (χ1v) is 8.75. The molecule has 0 unspecified atom stereocenters. The molecule has 2 aromatic rings. The average Bonchev–Trinajstić information content (AvgIpc) is 2.67. The third-order valence-corrected chi connectivity index (χ3v) is 4.60. The highest BCUT2D eigenvalue weighted by Crippen LogP contribution is 2.38. The molecule has 1 aliphatic rings. The van der Waals surface area contributed by atoms with Crippen molar-refractivity contribution in [1.82, 2.24) is 0 Å². The number of methoxy groups -OCH3 is 1. The number of benzene rings is 1. The van der Waals surface area contributed by atoms with E-state index < -0.39 is 42.9 Å². The van der Waals surface area contributed by atoms with Crippen molar-refractivity contribution in [1.29, 1.82) is 0 Å². The summed E-state index contributed by atoms with van der Waals surface area (Å²) in [6, 6.07) is 5.22. The van der Waals surface area contributed by atoms with Gasteiger partial charge < -0.3 is 44.2 Å². The highest BCUT2D eigenvalue weighted by atomic mass is 16.7. The standard InChI is InChI=1S/C19H22O10/c1-8-3-9(21)4-11(15(8)12-5-10(26-2)6-14(22)27-12)28-19-18(25)17(24)16(23)13(7-20)29-19/h3-6,13,16-21,23-25H,7H2,1-2H3/t13-,16-,17+,18-,19-/m1/s1. The molecule has 10 heteroatoms. The van der Waals surface area contributed by atoms with Gasteiger partial charge in [0.05, 0.1) is 25.3 Å². The minimum absolute atomic E-state index is 0.0248. The topological polar surface area (TPSA) is 159 Å². The zero-order valence-corrected chi connectivity index (χ0v) is 15.7. The van der Waals surface area contributed by atoms with Gasteiger partial charge in [-0.15, -0.1) is 0 Å². The van der Waals surface area contributed by atoms with Crippen LogP contribution in [-0.4, -0.2) is 70.0 Å². The van der Waals surface area contributed by atoms with Gasteiger partial charge in [-0.2, -0.15) is 0 Å². The molecule has 1 fully saturated rings. The number of aryl methyl sites for hydroxylation is 1. The summed E-state index contributed by atoms with van der Waals surface area (Å²) in [6.07, 6.45) is -7.49. The zero-order chi connectivity index (χ0) is 21.3. The lowest BCUT2D eigenvalue weighted by Gasteiger charge is -2.39. The maximum atomic E-state index is 11.8. The normalized spacial score (nSPS) is 26.9. The van der Waals surface area contributed by atoms with Crippen LogP contribution in [0.15, 0.2) is 33.5 Å². The molecule has 0 amide bonds. The monoisotopic (exact) mass is 410 g/mol. The minimum atomic E-state index is -1.65. The highest BCUT2D eigenvalue weighted by Gasteiger charge is 2.45. The van der Waals surface area contributed by atoms with Gasteiger partial charge >= 0.3 is 5.63 Å². The summed E-state index contributed by atoms with van der Waals surface area (Å²) in [4.78, 5) is 11.8. The van der Waals surface area contributed by atoms with Crippen LogP contribution in [0.25, 0.3) is 11.3 Å². The maximum absolute atomic E-state index is 11.8. The van der Waals surface area contributed by atoms with Crippen molar-refractivity contribution in [3.63, 3.8) is 0 Å². The lowest BCUT2D eigenvalue weighted by atomic mass is 9.99. The van der Waals surface area contributed by atoms with Gasteiger partial charge in [-0.3, -0.25) is 0 Å².